The van der Waals surface area contributed by atoms with Gasteiger partial charge in [0.05, 0.1) is 16.2 Å². The largest absolute Gasteiger partial charge is 0.349 e. The van der Waals surface area contributed by atoms with E-state index in [9.17, 15) is 13.6 Å². The predicted molar refractivity (Wildman–Crippen MR) is 77.6 cm³/mol. The first-order valence-corrected chi connectivity index (χ1v) is 6.46. The fraction of sp³-hybridized carbons (Fsp3) is 0. The van der Waals surface area contributed by atoms with E-state index >= 15 is 0 Å². The average Bonchev–Trinajstić information content (AvgIpc) is 2.87. The van der Waals surface area contributed by atoms with Crippen LogP contribution in [0.25, 0.3) is 10.9 Å². The Bertz CT molecular complexity index is 845. The number of anilines is 1. The number of carbonyl (C=O) groups excluding carboxylic acids is 1. The molecule has 0 aliphatic carbocycles. The lowest BCUT2D eigenvalue weighted by Gasteiger charge is -2.04. The fourth-order valence-electron chi connectivity index (χ4n) is 2.02. The molecule has 0 saturated heterocycles. The minimum absolute atomic E-state index is 0.0915. The molecule has 1 heterocycles. The van der Waals surface area contributed by atoms with Crippen molar-refractivity contribution in [1.29, 1.82) is 0 Å². The van der Waals surface area contributed by atoms with Crippen LogP contribution in [0.2, 0.25) is 5.02 Å². The zero-order valence-electron chi connectivity index (χ0n) is 10.6. The van der Waals surface area contributed by atoms with Crippen molar-refractivity contribution in [3.8, 4) is 0 Å². The number of rotatable bonds is 2. The van der Waals surface area contributed by atoms with E-state index in [4.69, 9.17) is 11.6 Å². The standard InChI is InChI=1S/C15H9ClF2N2O/c16-10-3-1-2-8-6-13(19-14(8)10)15(21)20-12-5-4-9(17)7-11(12)18/h1-7,19H,(H,20,21). The van der Waals surface area contributed by atoms with Crippen molar-refractivity contribution < 1.29 is 13.6 Å². The highest BCUT2D eigenvalue weighted by Crippen LogP contribution is 2.24. The van der Waals surface area contributed by atoms with Crippen molar-refractivity contribution in [3.05, 3.63) is 64.8 Å². The number of hydrogen-bond donors (Lipinski definition) is 2. The second-order valence-corrected chi connectivity index (χ2v) is 4.87. The number of amides is 1. The summed E-state index contributed by atoms with van der Waals surface area (Å²) in [7, 11) is 0. The topological polar surface area (TPSA) is 44.9 Å². The van der Waals surface area contributed by atoms with Crippen LogP contribution in [0.3, 0.4) is 0 Å². The quantitative estimate of drug-likeness (QED) is 0.726. The van der Waals surface area contributed by atoms with Crippen molar-refractivity contribution in [2.75, 3.05) is 5.32 Å². The summed E-state index contributed by atoms with van der Waals surface area (Å²) in [5.74, 6) is -2.08. The Hall–Kier alpha value is -2.40. The van der Waals surface area contributed by atoms with E-state index in [2.05, 4.69) is 10.3 Å². The van der Waals surface area contributed by atoms with Crippen LogP contribution in [0.1, 0.15) is 10.5 Å². The molecule has 0 atom stereocenters. The second kappa shape index (κ2) is 5.18. The number of hydrogen-bond acceptors (Lipinski definition) is 1. The zero-order chi connectivity index (χ0) is 15.0. The number of carbonyl (C=O) groups is 1. The van der Waals surface area contributed by atoms with Gasteiger partial charge in [-0.25, -0.2) is 8.78 Å². The summed E-state index contributed by atoms with van der Waals surface area (Å²) in [6.45, 7) is 0. The Kier molecular flexibility index (Phi) is 3.35. The molecule has 0 fully saturated rings. The predicted octanol–water partition coefficient (Wildman–Crippen LogP) is 4.35. The van der Waals surface area contributed by atoms with Crippen LogP contribution in [-0.2, 0) is 0 Å². The van der Waals surface area contributed by atoms with Crippen molar-refractivity contribution >= 4 is 34.1 Å². The van der Waals surface area contributed by atoms with Gasteiger partial charge in [-0.2, -0.15) is 0 Å². The molecule has 106 valence electrons. The molecule has 2 N–H and O–H groups in total. The normalized spacial score (nSPS) is 10.8. The van der Waals surface area contributed by atoms with Crippen LogP contribution >= 0.6 is 11.6 Å². The van der Waals surface area contributed by atoms with Gasteiger partial charge in [-0.3, -0.25) is 4.79 Å². The van der Waals surface area contributed by atoms with Crippen LogP contribution in [0.5, 0.6) is 0 Å². The maximum Gasteiger partial charge on any atom is 0.272 e. The minimum Gasteiger partial charge on any atom is -0.349 e. The highest BCUT2D eigenvalue weighted by Gasteiger charge is 2.13. The minimum atomic E-state index is -0.836. The smallest absolute Gasteiger partial charge is 0.272 e. The fourth-order valence-corrected chi connectivity index (χ4v) is 2.25. The molecule has 1 aromatic heterocycles. The van der Waals surface area contributed by atoms with Gasteiger partial charge in [0.25, 0.3) is 5.91 Å². The molecule has 0 spiro atoms. The monoisotopic (exact) mass is 306 g/mol. The molecule has 1 amide bonds. The lowest BCUT2D eigenvalue weighted by atomic mass is 10.2. The zero-order valence-corrected chi connectivity index (χ0v) is 11.3. The molecule has 0 bridgehead atoms. The number of para-hydroxylation sites is 1. The molecule has 0 radical (unpaired) electrons. The molecule has 3 nitrogen and oxygen atoms in total. The van der Waals surface area contributed by atoms with Gasteiger partial charge in [0.1, 0.15) is 17.3 Å². The summed E-state index contributed by atoms with van der Waals surface area (Å²) in [5.41, 5.74) is 0.775. The van der Waals surface area contributed by atoms with Crippen LogP contribution in [0, 0.1) is 11.6 Å². The van der Waals surface area contributed by atoms with E-state index in [1.165, 1.54) is 0 Å². The second-order valence-electron chi connectivity index (χ2n) is 4.47. The third-order valence-corrected chi connectivity index (χ3v) is 3.34. The molecule has 21 heavy (non-hydrogen) atoms. The van der Waals surface area contributed by atoms with Crippen molar-refractivity contribution in [3.63, 3.8) is 0 Å². The third-order valence-electron chi connectivity index (χ3n) is 3.03. The molecule has 2 aromatic carbocycles. The molecule has 0 unspecified atom stereocenters. The number of halogens is 3. The Labute approximate surface area is 123 Å². The maximum atomic E-state index is 13.5. The third kappa shape index (κ3) is 2.60. The lowest BCUT2D eigenvalue weighted by molar-refractivity contribution is 0.102. The molecule has 0 aliphatic rings. The summed E-state index contributed by atoms with van der Waals surface area (Å²) >= 11 is 6.01. The van der Waals surface area contributed by atoms with E-state index in [-0.39, 0.29) is 11.4 Å². The number of nitrogens with one attached hydrogen (secondary N) is 2. The number of H-pyrrole nitrogens is 1. The summed E-state index contributed by atoms with van der Waals surface area (Å²) in [5, 5.41) is 3.64. The summed E-state index contributed by atoms with van der Waals surface area (Å²) in [4.78, 5) is 15.0. The van der Waals surface area contributed by atoms with Gasteiger partial charge in [0.2, 0.25) is 0 Å². The molecule has 3 aromatic rings. The van der Waals surface area contributed by atoms with E-state index in [1.54, 1.807) is 24.3 Å². The van der Waals surface area contributed by atoms with Gasteiger partial charge in [-0.05, 0) is 24.3 Å². The summed E-state index contributed by atoms with van der Waals surface area (Å²) < 4.78 is 26.3. The number of aromatic nitrogens is 1. The first kappa shape index (κ1) is 13.6. The average molecular weight is 307 g/mol. The number of aromatic amines is 1. The highest BCUT2D eigenvalue weighted by atomic mass is 35.5. The van der Waals surface area contributed by atoms with Gasteiger partial charge in [0.15, 0.2) is 0 Å². The molecule has 0 saturated carbocycles. The SMILES string of the molecule is O=C(Nc1ccc(F)cc1F)c1cc2cccc(Cl)c2[nH]1. The Morgan fingerprint density at radius 2 is 1.95 bits per heavy atom. The molecule has 0 aliphatic heterocycles. The Balaban J connectivity index is 1.92. The van der Waals surface area contributed by atoms with Gasteiger partial charge >= 0.3 is 0 Å². The lowest BCUT2D eigenvalue weighted by Crippen LogP contribution is -2.13. The number of fused-ring (bicyclic) bond motifs is 1. The van der Waals surface area contributed by atoms with E-state index in [0.717, 1.165) is 17.5 Å². The van der Waals surface area contributed by atoms with Gasteiger partial charge < -0.3 is 10.3 Å². The summed E-state index contributed by atoms with van der Waals surface area (Å²) in [6.07, 6.45) is 0. The molecular weight excluding hydrogens is 298 g/mol. The summed E-state index contributed by atoms with van der Waals surface area (Å²) in [6, 6.07) is 9.81. The first-order valence-electron chi connectivity index (χ1n) is 6.08. The van der Waals surface area contributed by atoms with Gasteiger partial charge in [-0.15, -0.1) is 0 Å². The molecule has 3 rings (SSSR count). The Morgan fingerprint density at radius 1 is 1.14 bits per heavy atom. The molecular formula is C15H9ClF2N2O. The van der Waals surface area contributed by atoms with Crippen molar-refractivity contribution in [2.45, 2.75) is 0 Å². The van der Waals surface area contributed by atoms with Gasteiger partial charge in [-0.1, -0.05) is 23.7 Å². The van der Waals surface area contributed by atoms with Crippen molar-refractivity contribution in [2.24, 2.45) is 0 Å². The van der Waals surface area contributed by atoms with Crippen LogP contribution < -0.4 is 5.32 Å². The highest BCUT2D eigenvalue weighted by molar-refractivity contribution is 6.35. The van der Waals surface area contributed by atoms with E-state index < -0.39 is 17.5 Å². The first-order chi connectivity index (χ1) is 10.0. The van der Waals surface area contributed by atoms with E-state index in [1.807, 2.05) is 0 Å². The van der Waals surface area contributed by atoms with E-state index in [0.29, 0.717) is 16.6 Å². The van der Waals surface area contributed by atoms with Crippen LogP contribution in [-0.4, -0.2) is 10.9 Å². The Morgan fingerprint density at radius 3 is 2.67 bits per heavy atom. The molecule has 6 heteroatoms. The van der Waals surface area contributed by atoms with Crippen LogP contribution in [0.4, 0.5) is 14.5 Å². The maximum absolute atomic E-state index is 13.5. The van der Waals surface area contributed by atoms with Gasteiger partial charge in [0, 0.05) is 11.5 Å². The van der Waals surface area contributed by atoms with Crippen LogP contribution in [0.15, 0.2) is 42.5 Å². The van der Waals surface area contributed by atoms with Crippen molar-refractivity contribution in [1.82, 2.24) is 4.98 Å². The number of benzene rings is 2.